The SMILES string of the molecule is COC(=O)Cc1ccc2c(c1)NC(=O)[C@H](C)CCC[C@H](N1CC[C@H](c3c(F)ccc(Cl)c3F)OC1=O)c1cc-2cc(OC)n1. The molecule has 2 amide bonds. The number of hydrogen-bond donors (Lipinski definition) is 1. The fraction of sp³-hybridized carbons (Fsp3) is 0.375. The minimum Gasteiger partial charge on any atom is -0.481 e. The molecular formula is C32H32ClF2N3O6. The van der Waals surface area contributed by atoms with Crippen LogP contribution in [-0.2, 0) is 25.5 Å². The molecule has 2 bridgehead atoms. The van der Waals surface area contributed by atoms with Crippen molar-refractivity contribution >= 4 is 35.3 Å². The van der Waals surface area contributed by atoms with Crippen molar-refractivity contribution in [1.82, 2.24) is 9.88 Å². The average Bonchev–Trinajstić information content (AvgIpc) is 3.01. The molecule has 0 spiro atoms. The predicted octanol–water partition coefficient (Wildman–Crippen LogP) is 6.79. The van der Waals surface area contributed by atoms with Gasteiger partial charge in [0.05, 0.1) is 43.0 Å². The van der Waals surface area contributed by atoms with E-state index in [1.165, 1.54) is 19.1 Å². The molecule has 1 saturated heterocycles. The van der Waals surface area contributed by atoms with Crippen molar-refractivity contribution in [2.45, 2.75) is 51.2 Å². The van der Waals surface area contributed by atoms with Gasteiger partial charge in [0.15, 0.2) is 5.82 Å². The van der Waals surface area contributed by atoms with Crippen LogP contribution in [0.2, 0.25) is 5.02 Å². The largest absolute Gasteiger partial charge is 0.481 e. The van der Waals surface area contributed by atoms with E-state index in [0.717, 1.165) is 12.1 Å². The lowest BCUT2D eigenvalue weighted by molar-refractivity contribution is -0.139. The monoisotopic (exact) mass is 627 g/mol. The number of hydrogen-bond acceptors (Lipinski definition) is 7. The molecule has 0 unspecified atom stereocenters. The average molecular weight is 628 g/mol. The van der Waals surface area contributed by atoms with E-state index in [9.17, 15) is 23.2 Å². The number of cyclic esters (lactones) is 1. The number of esters is 1. The van der Waals surface area contributed by atoms with Crippen LogP contribution in [0.1, 0.15) is 61.6 Å². The molecular weight excluding hydrogens is 596 g/mol. The van der Waals surface area contributed by atoms with Crippen molar-refractivity contribution in [3.63, 3.8) is 0 Å². The van der Waals surface area contributed by atoms with Crippen LogP contribution in [0.15, 0.2) is 42.5 Å². The highest BCUT2D eigenvalue weighted by Gasteiger charge is 2.37. The fourth-order valence-corrected chi connectivity index (χ4v) is 5.80. The second-order valence-corrected chi connectivity index (χ2v) is 11.3. The molecule has 9 nitrogen and oxygen atoms in total. The first-order valence-electron chi connectivity index (χ1n) is 14.3. The van der Waals surface area contributed by atoms with E-state index < -0.39 is 35.8 Å². The van der Waals surface area contributed by atoms with Crippen LogP contribution in [0.25, 0.3) is 11.1 Å². The van der Waals surface area contributed by atoms with Crippen LogP contribution in [0, 0.1) is 17.6 Å². The summed E-state index contributed by atoms with van der Waals surface area (Å²) in [5.41, 5.74) is 2.64. The van der Waals surface area contributed by atoms with Gasteiger partial charge in [0, 0.05) is 36.2 Å². The number of methoxy groups -OCH3 is 2. The van der Waals surface area contributed by atoms with Crippen LogP contribution in [0.4, 0.5) is 19.3 Å². The van der Waals surface area contributed by atoms with Crippen molar-refractivity contribution < 1.29 is 37.4 Å². The number of benzene rings is 2. The van der Waals surface area contributed by atoms with Crippen molar-refractivity contribution in [2.75, 3.05) is 26.1 Å². The molecule has 2 aliphatic heterocycles. The topological polar surface area (TPSA) is 107 Å². The normalized spacial score (nSPS) is 20.4. The molecule has 1 aromatic heterocycles. The Labute approximate surface area is 258 Å². The number of anilines is 1. The Balaban J connectivity index is 1.54. The zero-order chi connectivity index (χ0) is 31.5. The Morgan fingerprint density at radius 2 is 1.91 bits per heavy atom. The van der Waals surface area contributed by atoms with Crippen molar-refractivity contribution in [2.24, 2.45) is 5.92 Å². The number of amides is 2. The fourth-order valence-electron chi connectivity index (χ4n) is 5.64. The van der Waals surface area contributed by atoms with Gasteiger partial charge in [-0.25, -0.2) is 18.6 Å². The predicted molar refractivity (Wildman–Crippen MR) is 158 cm³/mol. The molecule has 2 aliphatic rings. The number of rotatable bonds is 5. The van der Waals surface area contributed by atoms with E-state index in [1.54, 1.807) is 24.3 Å². The van der Waals surface area contributed by atoms with Gasteiger partial charge in [0.1, 0.15) is 11.9 Å². The summed E-state index contributed by atoms with van der Waals surface area (Å²) in [6.45, 7) is 1.96. The van der Waals surface area contributed by atoms with E-state index in [2.05, 4.69) is 10.3 Å². The molecule has 0 radical (unpaired) electrons. The summed E-state index contributed by atoms with van der Waals surface area (Å²) in [4.78, 5) is 44.8. The summed E-state index contributed by atoms with van der Waals surface area (Å²) >= 11 is 5.88. The highest BCUT2D eigenvalue weighted by molar-refractivity contribution is 6.30. The lowest BCUT2D eigenvalue weighted by Gasteiger charge is -2.37. The van der Waals surface area contributed by atoms with E-state index in [-0.39, 0.29) is 47.7 Å². The van der Waals surface area contributed by atoms with Crippen LogP contribution in [0.3, 0.4) is 0 Å². The molecule has 12 heteroatoms. The first kappa shape index (κ1) is 31.2. The molecule has 44 heavy (non-hydrogen) atoms. The van der Waals surface area contributed by atoms with Gasteiger partial charge in [-0.2, -0.15) is 0 Å². The molecule has 1 N–H and O–H groups in total. The lowest BCUT2D eigenvalue weighted by Crippen LogP contribution is -2.42. The van der Waals surface area contributed by atoms with E-state index in [4.69, 9.17) is 25.8 Å². The number of pyridine rings is 1. The van der Waals surface area contributed by atoms with Crippen LogP contribution >= 0.6 is 11.6 Å². The van der Waals surface area contributed by atoms with E-state index in [1.807, 2.05) is 13.0 Å². The molecule has 232 valence electrons. The second kappa shape index (κ2) is 13.2. The third-order valence-electron chi connectivity index (χ3n) is 8.05. The van der Waals surface area contributed by atoms with Gasteiger partial charge in [-0.1, -0.05) is 37.1 Å². The van der Waals surface area contributed by atoms with Crippen LogP contribution < -0.4 is 10.1 Å². The number of aromatic nitrogens is 1. The van der Waals surface area contributed by atoms with Crippen LogP contribution in [-0.4, -0.2) is 48.6 Å². The maximum absolute atomic E-state index is 14.7. The minimum absolute atomic E-state index is 0.0310. The molecule has 2 aromatic carbocycles. The Morgan fingerprint density at radius 3 is 2.64 bits per heavy atom. The number of fused-ring (bicyclic) bond motifs is 4. The Kier molecular flexibility index (Phi) is 9.33. The third kappa shape index (κ3) is 6.47. The summed E-state index contributed by atoms with van der Waals surface area (Å²) in [5, 5.41) is 2.75. The quantitative estimate of drug-likeness (QED) is 0.245. The molecule has 5 rings (SSSR count). The van der Waals surface area contributed by atoms with Gasteiger partial charge in [0.25, 0.3) is 0 Å². The second-order valence-electron chi connectivity index (χ2n) is 10.9. The van der Waals surface area contributed by atoms with Crippen LogP contribution in [0.5, 0.6) is 5.88 Å². The van der Waals surface area contributed by atoms with Gasteiger partial charge >= 0.3 is 12.1 Å². The minimum atomic E-state index is -1.15. The standard InChI is InChI=1S/C32H32ClF2N3O6/c1-17-5-4-6-25(38-12-11-26(44-32(38)41)29-22(34)10-9-21(33)30(29)35)24-15-19(16-27(36-24)42-2)20-8-7-18(14-28(39)43-3)13-23(20)37-31(17)40/h7-10,13,15-17,25-26H,4-6,11-12,14H2,1-3H3,(H,37,40)/t17-,25+,26-/m1/s1. The summed E-state index contributed by atoms with van der Waals surface area (Å²) in [6.07, 6.45) is -0.216. The van der Waals surface area contributed by atoms with Gasteiger partial charge < -0.3 is 19.5 Å². The Bertz CT molecular complexity index is 1600. The number of carbonyl (C=O) groups is 3. The van der Waals surface area contributed by atoms with Crippen molar-refractivity contribution in [3.05, 3.63) is 75.9 Å². The van der Waals surface area contributed by atoms with Crippen molar-refractivity contribution in [1.29, 1.82) is 0 Å². The first-order chi connectivity index (χ1) is 21.1. The van der Waals surface area contributed by atoms with Gasteiger partial charge in [0.2, 0.25) is 11.8 Å². The Morgan fingerprint density at radius 1 is 1.11 bits per heavy atom. The van der Waals surface area contributed by atoms with E-state index >= 15 is 0 Å². The van der Waals surface area contributed by atoms with Crippen molar-refractivity contribution in [3.8, 4) is 17.0 Å². The number of nitrogens with one attached hydrogen (secondary N) is 1. The van der Waals surface area contributed by atoms with Gasteiger partial charge in [-0.15, -0.1) is 0 Å². The number of carbonyl (C=O) groups excluding carboxylic acids is 3. The first-order valence-corrected chi connectivity index (χ1v) is 14.6. The zero-order valence-corrected chi connectivity index (χ0v) is 25.2. The highest BCUT2D eigenvalue weighted by atomic mass is 35.5. The molecule has 0 saturated carbocycles. The zero-order valence-electron chi connectivity index (χ0n) is 24.5. The smallest absolute Gasteiger partial charge is 0.410 e. The summed E-state index contributed by atoms with van der Waals surface area (Å²) in [6, 6.07) is 10.4. The number of ether oxygens (including phenoxy) is 3. The molecule has 3 atom stereocenters. The number of nitrogens with zero attached hydrogens (tertiary/aromatic N) is 2. The van der Waals surface area contributed by atoms with Gasteiger partial charge in [-0.05, 0) is 48.2 Å². The Hall–Kier alpha value is -4.25. The van der Waals surface area contributed by atoms with Gasteiger partial charge in [-0.3, -0.25) is 14.5 Å². The summed E-state index contributed by atoms with van der Waals surface area (Å²) in [7, 11) is 2.79. The number of halogens is 3. The molecule has 3 aromatic rings. The summed E-state index contributed by atoms with van der Waals surface area (Å²) < 4.78 is 45.3. The third-order valence-corrected chi connectivity index (χ3v) is 8.34. The summed E-state index contributed by atoms with van der Waals surface area (Å²) in [5.74, 6) is -2.47. The molecule has 3 heterocycles. The lowest BCUT2D eigenvalue weighted by atomic mass is 9.93. The molecule has 1 fully saturated rings. The van der Waals surface area contributed by atoms with E-state index in [0.29, 0.717) is 47.3 Å². The maximum Gasteiger partial charge on any atom is 0.410 e. The molecule has 0 aliphatic carbocycles. The maximum atomic E-state index is 14.7. The highest BCUT2D eigenvalue weighted by Crippen LogP contribution is 2.40.